The van der Waals surface area contributed by atoms with Crippen LogP contribution in [0.25, 0.3) is 0 Å². The predicted octanol–water partition coefficient (Wildman–Crippen LogP) is 2.32. The van der Waals surface area contributed by atoms with E-state index in [4.69, 9.17) is 0 Å². The molecule has 1 aromatic rings. The summed E-state index contributed by atoms with van der Waals surface area (Å²) in [5.41, 5.74) is 2.32. The SMILES string of the molecule is CCC1NC(=O)C(C(C)C)N(Cc2cscc2C)C1=O. The molecule has 20 heavy (non-hydrogen) atoms. The maximum absolute atomic E-state index is 12.6. The molecule has 1 aromatic heterocycles. The first-order valence-corrected chi connectivity index (χ1v) is 8.02. The molecule has 2 rings (SSSR count). The van der Waals surface area contributed by atoms with Gasteiger partial charge in [0, 0.05) is 6.54 Å². The Morgan fingerprint density at radius 1 is 1.35 bits per heavy atom. The van der Waals surface area contributed by atoms with E-state index in [0.717, 1.165) is 5.56 Å². The van der Waals surface area contributed by atoms with E-state index in [2.05, 4.69) is 16.1 Å². The van der Waals surface area contributed by atoms with E-state index in [9.17, 15) is 9.59 Å². The molecule has 0 aromatic carbocycles. The van der Waals surface area contributed by atoms with E-state index in [0.29, 0.717) is 13.0 Å². The lowest BCUT2D eigenvalue weighted by Gasteiger charge is -2.40. The van der Waals surface area contributed by atoms with Gasteiger partial charge in [0.05, 0.1) is 0 Å². The number of hydrogen-bond acceptors (Lipinski definition) is 3. The molecule has 2 atom stereocenters. The molecule has 0 radical (unpaired) electrons. The predicted molar refractivity (Wildman–Crippen MR) is 80.5 cm³/mol. The van der Waals surface area contributed by atoms with Gasteiger partial charge in [-0.2, -0.15) is 11.3 Å². The topological polar surface area (TPSA) is 49.4 Å². The third kappa shape index (κ3) is 2.73. The molecule has 1 saturated heterocycles. The minimum Gasteiger partial charge on any atom is -0.343 e. The zero-order valence-corrected chi connectivity index (χ0v) is 13.3. The summed E-state index contributed by atoms with van der Waals surface area (Å²) in [5, 5.41) is 6.98. The van der Waals surface area contributed by atoms with Crippen LogP contribution in [0, 0.1) is 12.8 Å². The van der Waals surface area contributed by atoms with Crippen LogP contribution in [0.1, 0.15) is 38.3 Å². The van der Waals surface area contributed by atoms with Crippen LogP contribution in [0.15, 0.2) is 10.8 Å². The highest BCUT2D eigenvalue weighted by Crippen LogP contribution is 2.24. The monoisotopic (exact) mass is 294 g/mol. The lowest BCUT2D eigenvalue weighted by atomic mass is 9.95. The van der Waals surface area contributed by atoms with E-state index >= 15 is 0 Å². The second-order valence-electron chi connectivity index (χ2n) is 5.70. The Hall–Kier alpha value is -1.36. The molecule has 1 aliphatic rings. The summed E-state index contributed by atoms with van der Waals surface area (Å²) in [6.07, 6.45) is 0.633. The number of carbonyl (C=O) groups is 2. The van der Waals surface area contributed by atoms with Gasteiger partial charge in [-0.05, 0) is 41.1 Å². The number of amides is 2. The lowest BCUT2D eigenvalue weighted by Crippen LogP contribution is -2.64. The van der Waals surface area contributed by atoms with Gasteiger partial charge in [0.2, 0.25) is 11.8 Å². The molecule has 2 unspecified atom stereocenters. The van der Waals surface area contributed by atoms with Crippen LogP contribution in [0.2, 0.25) is 0 Å². The van der Waals surface area contributed by atoms with Gasteiger partial charge in [-0.3, -0.25) is 9.59 Å². The van der Waals surface area contributed by atoms with Gasteiger partial charge < -0.3 is 10.2 Å². The summed E-state index contributed by atoms with van der Waals surface area (Å²) >= 11 is 1.63. The summed E-state index contributed by atoms with van der Waals surface area (Å²) in [4.78, 5) is 26.6. The van der Waals surface area contributed by atoms with Crippen LogP contribution >= 0.6 is 11.3 Å². The zero-order chi connectivity index (χ0) is 14.9. The highest BCUT2D eigenvalue weighted by molar-refractivity contribution is 7.08. The van der Waals surface area contributed by atoms with Gasteiger partial charge in [-0.1, -0.05) is 20.8 Å². The molecule has 110 valence electrons. The molecule has 1 N–H and O–H groups in total. The van der Waals surface area contributed by atoms with Gasteiger partial charge >= 0.3 is 0 Å². The fourth-order valence-electron chi connectivity index (χ4n) is 2.65. The Morgan fingerprint density at radius 3 is 2.55 bits per heavy atom. The third-order valence-corrected chi connectivity index (χ3v) is 4.75. The van der Waals surface area contributed by atoms with E-state index in [1.165, 1.54) is 5.56 Å². The first-order chi connectivity index (χ1) is 9.45. The quantitative estimate of drug-likeness (QED) is 0.926. The maximum Gasteiger partial charge on any atom is 0.246 e. The maximum atomic E-state index is 12.6. The first kappa shape index (κ1) is 15.0. The second-order valence-corrected chi connectivity index (χ2v) is 6.45. The van der Waals surface area contributed by atoms with Crippen LogP contribution in [0.4, 0.5) is 0 Å². The molecule has 1 fully saturated rings. The third-order valence-electron chi connectivity index (χ3n) is 3.84. The molecule has 5 heteroatoms. The van der Waals surface area contributed by atoms with Crippen LogP contribution in [-0.4, -0.2) is 28.8 Å². The van der Waals surface area contributed by atoms with Crippen molar-refractivity contribution in [3.63, 3.8) is 0 Å². The van der Waals surface area contributed by atoms with Gasteiger partial charge in [-0.15, -0.1) is 0 Å². The van der Waals surface area contributed by atoms with Crippen molar-refractivity contribution in [1.29, 1.82) is 0 Å². The van der Waals surface area contributed by atoms with E-state index in [-0.39, 0.29) is 29.8 Å². The average molecular weight is 294 g/mol. The summed E-state index contributed by atoms with van der Waals surface area (Å²) < 4.78 is 0. The minimum atomic E-state index is -0.378. The first-order valence-electron chi connectivity index (χ1n) is 7.08. The number of nitrogens with one attached hydrogen (secondary N) is 1. The Bertz CT molecular complexity index is 510. The van der Waals surface area contributed by atoms with Crippen LogP contribution in [0.5, 0.6) is 0 Å². The normalized spacial score (nSPS) is 23.4. The Kier molecular flexibility index (Phi) is 4.48. The van der Waals surface area contributed by atoms with Crippen molar-refractivity contribution in [3.05, 3.63) is 21.9 Å². The van der Waals surface area contributed by atoms with Crippen LogP contribution in [-0.2, 0) is 16.1 Å². The molecule has 0 aliphatic carbocycles. The summed E-state index contributed by atoms with van der Waals surface area (Å²) in [7, 11) is 0. The number of hydrogen-bond donors (Lipinski definition) is 1. The highest BCUT2D eigenvalue weighted by atomic mass is 32.1. The Balaban J connectivity index is 2.29. The molecule has 0 spiro atoms. The average Bonchev–Trinajstić information content (AvgIpc) is 2.78. The Morgan fingerprint density at radius 2 is 2.05 bits per heavy atom. The van der Waals surface area contributed by atoms with Gasteiger partial charge in [-0.25, -0.2) is 0 Å². The zero-order valence-electron chi connectivity index (χ0n) is 12.5. The van der Waals surface area contributed by atoms with Gasteiger partial charge in [0.15, 0.2) is 0 Å². The molecule has 0 saturated carbocycles. The molecule has 2 heterocycles. The van der Waals surface area contributed by atoms with Crippen molar-refractivity contribution in [2.75, 3.05) is 0 Å². The van der Waals surface area contributed by atoms with E-state index in [1.807, 2.05) is 27.7 Å². The van der Waals surface area contributed by atoms with E-state index < -0.39 is 0 Å². The number of aryl methyl sites for hydroxylation is 1. The molecule has 1 aliphatic heterocycles. The van der Waals surface area contributed by atoms with Crippen molar-refractivity contribution in [1.82, 2.24) is 10.2 Å². The minimum absolute atomic E-state index is 0.0284. The van der Waals surface area contributed by atoms with Gasteiger partial charge in [0.25, 0.3) is 0 Å². The standard InChI is InChI=1S/C15H22N2O2S/c1-5-12-15(19)17(6-11-8-20-7-10(11)4)13(9(2)3)14(18)16-12/h7-9,12-13H,5-6H2,1-4H3,(H,16,18). The lowest BCUT2D eigenvalue weighted by molar-refractivity contribution is -0.152. The molecule has 2 amide bonds. The van der Waals surface area contributed by atoms with Crippen LogP contribution < -0.4 is 5.32 Å². The largest absolute Gasteiger partial charge is 0.343 e. The second kappa shape index (κ2) is 5.95. The highest BCUT2D eigenvalue weighted by Gasteiger charge is 2.41. The number of nitrogens with zero attached hydrogens (tertiary/aromatic N) is 1. The van der Waals surface area contributed by atoms with Crippen molar-refractivity contribution >= 4 is 23.2 Å². The molecule has 4 nitrogen and oxygen atoms in total. The van der Waals surface area contributed by atoms with Crippen molar-refractivity contribution in [2.45, 2.75) is 52.7 Å². The summed E-state index contributed by atoms with van der Waals surface area (Å²) in [6.45, 7) is 8.46. The number of piperazine rings is 1. The van der Waals surface area contributed by atoms with Crippen molar-refractivity contribution in [2.24, 2.45) is 5.92 Å². The number of rotatable bonds is 4. The fraction of sp³-hybridized carbons (Fsp3) is 0.600. The van der Waals surface area contributed by atoms with Crippen molar-refractivity contribution in [3.8, 4) is 0 Å². The molecule has 0 bridgehead atoms. The van der Waals surface area contributed by atoms with Crippen molar-refractivity contribution < 1.29 is 9.59 Å². The van der Waals surface area contributed by atoms with Gasteiger partial charge in [0.1, 0.15) is 12.1 Å². The molecular weight excluding hydrogens is 272 g/mol. The fourth-order valence-corrected chi connectivity index (χ4v) is 3.49. The number of thiophene rings is 1. The smallest absolute Gasteiger partial charge is 0.246 e. The Labute approximate surface area is 124 Å². The number of carbonyl (C=O) groups excluding carboxylic acids is 2. The van der Waals surface area contributed by atoms with E-state index in [1.54, 1.807) is 16.2 Å². The summed E-state index contributed by atoms with van der Waals surface area (Å²) in [6, 6.07) is -0.749. The molecular formula is C15H22N2O2S. The van der Waals surface area contributed by atoms with Crippen LogP contribution in [0.3, 0.4) is 0 Å². The summed E-state index contributed by atoms with van der Waals surface area (Å²) in [5.74, 6) is 0.117.